The minimum absolute atomic E-state index is 0.205. The first-order valence-corrected chi connectivity index (χ1v) is 11.2. The van der Waals surface area contributed by atoms with Crippen molar-refractivity contribution in [2.45, 2.75) is 32.0 Å². The smallest absolute Gasteiger partial charge is 0.291 e. The summed E-state index contributed by atoms with van der Waals surface area (Å²) in [6.07, 6.45) is 1.74. The van der Waals surface area contributed by atoms with E-state index >= 15 is 0 Å². The minimum atomic E-state index is -0.341. The van der Waals surface area contributed by atoms with Crippen molar-refractivity contribution in [1.82, 2.24) is 4.90 Å². The molecule has 3 N–H and O–H groups in total. The van der Waals surface area contributed by atoms with E-state index in [1.807, 2.05) is 48.5 Å². The molecule has 0 radical (unpaired) electrons. The third kappa shape index (κ3) is 5.57. The quantitative estimate of drug-likeness (QED) is 0.482. The summed E-state index contributed by atoms with van der Waals surface area (Å²) in [5, 5.41) is 2.86. The van der Waals surface area contributed by atoms with Crippen LogP contribution in [0.2, 0.25) is 0 Å². The number of likely N-dealkylation sites (tertiary alicyclic amines) is 1. The molecule has 166 valence electrons. The number of amides is 2. The lowest BCUT2D eigenvalue weighted by Crippen LogP contribution is -2.39. The zero-order valence-corrected chi connectivity index (χ0v) is 19.0. The fourth-order valence-electron chi connectivity index (χ4n) is 3.80. The van der Waals surface area contributed by atoms with Gasteiger partial charge in [0.15, 0.2) is 5.76 Å². The summed E-state index contributed by atoms with van der Waals surface area (Å²) in [5.41, 5.74) is 7.16. The number of furan rings is 1. The zero-order valence-electron chi connectivity index (χ0n) is 17.4. The third-order valence-electron chi connectivity index (χ3n) is 5.33. The van der Waals surface area contributed by atoms with Gasteiger partial charge in [0.05, 0.1) is 6.04 Å². The highest BCUT2D eigenvalue weighted by Crippen LogP contribution is 2.22. The molecule has 8 heteroatoms. The number of nitrogens with one attached hydrogen (secondary N) is 1. The number of hydrogen-bond donors (Lipinski definition) is 2. The highest BCUT2D eigenvalue weighted by atomic mass is 79.9. The topological polar surface area (TPSA) is 97.8 Å². The van der Waals surface area contributed by atoms with Crippen molar-refractivity contribution in [3.63, 3.8) is 0 Å². The SMILES string of the molecule is NC(=O)C1CCCN1Cc1cccc(NC(=O)c2ccc(COc3cccc(Br)c3)o2)c1. The Hall–Kier alpha value is -3.10. The lowest BCUT2D eigenvalue weighted by Gasteiger charge is -2.22. The molecular weight excluding hydrogens is 474 g/mol. The molecule has 0 saturated carbocycles. The van der Waals surface area contributed by atoms with Crippen molar-refractivity contribution in [2.24, 2.45) is 5.73 Å². The number of hydrogen-bond acceptors (Lipinski definition) is 5. The number of carbonyl (C=O) groups excluding carboxylic acids is 2. The van der Waals surface area contributed by atoms with E-state index in [1.165, 1.54) is 0 Å². The Kier molecular flexibility index (Phi) is 6.92. The van der Waals surface area contributed by atoms with Crippen LogP contribution in [-0.2, 0) is 17.9 Å². The van der Waals surface area contributed by atoms with Crippen LogP contribution in [0.5, 0.6) is 5.75 Å². The molecule has 2 amide bonds. The van der Waals surface area contributed by atoms with Crippen molar-refractivity contribution in [3.8, 4) is 5.75 Å². The maximum atomic E-state index is 12.6. The molecule has 32 heavy (non-hydrogen) atoms. The van der Waals surface area contributed by atoms with Crippen molar-refractivity contribution in [3.05, 3.63) is 82.2 Å². The highest BCUT2D eigenvalue weighted by Gasteiger charge is 2.28. The van der Waals surface area contributed by atoms with Crippen LogP contribution in [0.3, 0.4) is 0 Å². The van der Waals surface area contributed by atoms with Gasteiger partial charge in [-0.25, -0.2) is 0 Å². The first-order valence-electron chi connectivity index (χ1n) is 10.4. The molecule has 0 aliphatic carbocycles. The minimum Gasteiger partial charge on any atom is -0.486 e. The van der Waals surface area contributed by atoms with E-state index in [0.717, 1.165) is 29.4 Å². The van der Waals surface area contributed by atoms with E-state index in [0.29, 0.717) is 23.7 Å². The number of carbonyl (C=O) groups is 2. The summed E-state index contributed by atoms with van der Waals surface area (Å²) < 4.78 is 12.3. The summed E-state index contributed by atoms with van der Waals surface area (Å²) in [6, 6.07) is 18.2. The lowest BCUT2D eigenvalue weighted by atomic mass is 10.1. The predicted octanol–water partition coefficient (Wildman–Crippen LogP) is 4.32. The Bertz CT molecular complexity index is 1110. The Balaban J connectivity index is 1.35. The number of benzene rings is 2. The van der Waals surface area contributed by atoms with Crippen LogP contribution in [0.1, 0.15) is 34.7 Å². The zero-order chi connectivity index (χ0) is 22.5. The number of primary amides is 1. The van der Waals surface area contributed by atoms with Crippen molar-refractivity contribution >= 4 is 33.4 Å². The molecule has 0 spiro atoms. The standard InChI is InChI=1S/C24H24BrN3O4/c25-17-5-2-7-19(13-17)31-15-20-9-10-22(32-20)24(30)27-18-6-1-4-16(12-18)14-28-11-3-8-21(28)23(26)29/h1-2,4-7,9-10,12-13,21H,3,8,11,14-15H2,(H2,26,29)(H,27,30). The van der Waals surface area contributed by atoms with Crippen LogP contribution >= 0.6 is 15.9 Å². The van der Waals surface area contributed by atoms with Crippen LogP contribution in [-0.4, -0.2) is 29.3 Å². The molecule has 2 heterocycles. The van der Waals surface area contributed by atoms with Gasteiger partial charge in [-0.2, -0.15) is 0 Å². The van der Waals surface area contributed by atoms with Gasteiger partial charge in [-0.15, -0.1) is 0 Å². The largest absolute Gasteiger partial charge is 0.486 e. The second-order valence-electron chi connectivity index (χ2n) is 7.70. The molecule has 1 unspecified atom stereocenters. The number of anilines is 1. The van der Waals surface area contributed by atoms with E-state index in [2.05, 4.69) is 26.1 Å². The molecule has 7 nitrogen and oxygen atoms in total. The van der Waals surface area contributed by atoms with Gasteiger partial charge in [0.1, 0.15) is 18.1 Å². The van der Waals surface area contributed by atoms with Gasteiger partial charge < -0.3 is 20.2 Å². The molecule has 1 aliphatic rings. The summed E-state index contributed by atoms with van der Waals surface area (Å²) in [4.78, 5) is 26.3. The van der Waals surface area contributed by atoms with Gasteiger partial charge in [-0.3, -0.25) is 14.5 Å². The maximum absolute atomic E-state index is 12.6. The van der Waals surface area contributed by atoms with E-state index in [-0.39, 0.29) is 30.2 Å². The van der Waals surface area contributed by atoms with Crippen molar-refractivity contribution in [1.29, 1.82) is 0 Å². The average molecular weight is 498 g/mol. The van der Waals surface area contributed by atoms with Gasteiger partial charge in [0.2, 0.25) is 5.91 Å². The number of nitrogens with zero attached hydrogens (tertiary/aromatic N) is 1. The Morgan fingerprint density at radius 3 is 2.81 bits per heavy atom. The van der Waals surface area contributed by atoms with Gasteiger partial charge >= 0.3 is 0 Å². The monoisotopic (exact) mass is 497 g/mol. The molecule has 1 aliphatic heterocycles. The molecule has 1 fully saturated rings. The van der Waals surface area contributed by atoms with Crippen molar-refractivity contribution in [2.75, 3.05) is 11.9 Å². The Morgan fingerprint density at radius 1 is 1.16 bits per heavy atom. The van der Waals surface area contributed by atoms with Gasteiger partial charge in [-0.05, 0) is 67.4 Å². The predicted molar refractivity (Wildman–Crippen MR) is 124 cm³/mol. The van der Waals surface area contributed by atoms with Crippen LogP contribution in [0.25, 0.3) is 0 Å². The summed E-state index contributed by atoms with van der Waals surface area (Å²) in [7, 11) is 0. The third-order valence-corrected chi connectivity index (χ3v) is 5.82. The fraction of sp³-hybridized carbons (Fsp3) is 0.250. The van der Waals surface area contributed by atoms with E-state index in [9.17, 15) is 9.59 Å². The molecule has 0 bridgehead atoms. The Morgan fingerprint density at radius 2 is 2.00 bits per heavy atom. The van der Waals surface area contributed by atoms with Gasteiger partial charge in [0, 0.05) is 16.7 Å². The summed E-state index contributed by atoms with van der Waals surface area (Å²) in [5.74, 6) is 0.832. The first kappa shape index (κ1) is 22.1. The summed E-state index contributed by atoms with van der Waals surface area (Å²) in [6.45, 7) is 1.66. The molecule has 2 aromatic carbocycles. The molecule has 4 rings (SSSR count). The Labute approximate surface area is 194 Å². The lowest BCUT2D eigenvalue weighted by molar-refractivity contribution is -0.122. The van der Waals surface area contributed by atoms with Crippen LogP contribution in [0, 0.1) is 0 Å². The maximum Gasteiger partial charge on any atom is 0.291 e. The second-order valence-corrected chi connectivity index (χ2v) is 8.61. The first-order chi connectivity index (χ1) is 15.5. The van der Waals surface area contributed by atoms with Crippen LogP contribution in [0.15, 0.2) is 69.6 Å². The number of ether oxygens (including phenoxy) is 1. The van der Waals surface area contributed by atoms with Crippen LogP contribution in [0.4, 0.5) is 5.69 Å². The van der Waals surface area contributed by atoms with Gasteiger partial charge in [-0.1, -0.05) is 34.1 Å². The summed E-state index contributed by atoms with van der Waals surface area (Å²) >= 11 is 3.40. The average Bonchev–Trinajstić information content (AvgIpc) is 3.42. The van der Waals surface area contributed by atoms with E-state index in [1.54, 1.807) is 12.1 Å². The second kappa shape index (κ2) is 10.0. The number of halogens is 1. The fourth-order valence-corrected chi connectivity index (χ4v) is 4.18. The van der Waals surface area contributed by atoms with E-state index < -0.39 is 0 Å². The number of rotatable bonds is 8. The molecule has 3 aromatic rings. The van der Waals surface area contributed by atoms with Gasteiger partial charge in [0.25, 0.3) is 5.91 Å². The molecule has 1 aromatic heterocycles. The van der Waals surface area contributed by atoms with Crippen molar-refractivity contribution < 1.29 is 18.7 Å². The van der Waals surface area contributed by atoms with E-state index in [4.69, 9.17) is 14.9 Å². The molecule has 1 saturated heterocycles. The normalized spacial score (nSPS) is 16.1. The number of nitrogens with two attached hydrogens (primary N) is 1. The van der Waals surface area contributed by atoms with Crippen LogP contribution < -0.4 is 15.8 Å². The molecule has 1 atom stereocenters. The highest BCUT2D eigenvalue weighted by molar-refractivity contribution is 9.10. The molecular formula is C24H24BrN3O4.